The van der Waals surface area contributed by atoms with Crippen molar-refractivity contribution in [3.05, 3.63) is 35.9 Å². The summed E-state index contributed by atoms with van der Waals surface area (Å²) in [7, 11) is 0. The summed E-state index contributed by atoms with van der Waals surface area (Å²) < 4.78 is 0. The number of hydrogen-bond donors (Lipinski definition) is 2. The molecule has 10 unspecified atom stereocenters. The van der Waals surface area contributed by atoms with E-state index >= 15 is 0 Å². The van der Waals surface area contributed by atoms with Gasteiger partial charge in [-0.2, -0.15) is 0 Å². The van der Waals surface area contributed by atoms with E-state index in [4.69, 9.17) is 0 Å². The molecule has 1 aromatic carbocycles. The van der Waals surface area contributed by atoms with Crippen molar-refractivity contribution in [2.24, 2.45) is 52.3 Å². The number of aliphatic hydroxyl groups excluding tert-OH is 2. The normalized spacial score (nSPS) is 42.5. The first kappa shape index (κ1) is 28.7. The van der Waals surface area contributed by atoms with E-state index < -0.39 is 0 Å². The zero-order valence-corrected chi connectivity index (χ0v) is 25.4. The van der Waals surface area contributed by atoms with Gasteiger partial charge in [0.25, 0.3) is 0 Å². The molecule has 40 heavy (non-hydrogen) atoms. The molecule has 5 fully saturated rings. The van der Waals surface area contributed by atoms with Crippen LogP contribution in [0.4, 0.5) is 0 Å². The lowest BCUT2D eigenvalue weighted by Crippen LogP contribution is -2.58. The Hall–Kier alpha value is -1.39. The van der Waals surface area contributed by atoms with Gasteiger partial charge in [-0.15, -0.1) is 0 Å². The van der Waals surface area contributed by atoms with Crippen LogP contribution in [0.5, 0.6) is 0 Å². The number of fused-ring (bicyclic) bond motifs is 5. The van der Waals surface area contributed by atoms with Gasteiger partial charge in [0.2, 0.25) is 5.91 Å². The molecule has 4 saturated carbocycles. The first-order valence-electron chi connectivity index (χ1n) is 16.9. The number of amides is 1. The Bertz CT molecular complexity index is 1020. The molecule has 5 aliphatic rings. The van der Waals surface area contributed by atoms with Gasteiger partial charge in [-0.05, 0) is 135 Å². The minimum Gasteiger partial charge on any atom is -0.393 e. The zero-order valence-electron chi connectivity index (χ0n) is 25.4. The first-order chi connectivity index (χ1) is 19.2. The molecule has 0 bridgehead atoms. The Kier molecular flexibility index (Phi) is 8.16. The lowest BCUT2D eigenvalue weighted by Gasteiger charge is -2.62. The maximum atomic E-state index is 13.2. The lowest BCUT2D eigenvalue weighted by molar-refractivity contribution is -0.175. The summed E-state index contributed by atoms with van der Waals surface area (Å²) in [5, 5.41) is 22.2. The second kappa shape index (κ2) is 11.4. The second-order valence-electron chi connectivity index (χ2n) is 15.4. The Morgan fingerprint density at radius 3 is 2.45 bits per heavy atom. The molecule has 222 valence electrons. The highest BCUT2D eigenvalue weighted by atomic mass is 16.3. The highest BCUT2D eigenvalue weighted by Gasteiger charge is 2.63. The Morgan fingerprint density at radius 1 is 0.950 bits per heavy atom. The van der Waals surface area contributed by atoms with Gasteiger partial charge in [-0.1, -0.05) is 51.1 Å². The minimum atomic E-state index is -0.240. The highest BCUT2D eigenvalue weighted by Crippen LogP contribution is 2.68. The Balaban J connectivity index is 1.03. The SMILES string of the molecule is CC(CCC(=O)N1CCC(Cc2ccccc2)CC1)C1CCC2C3CCC4CC(O)CCC4(C)C3CC(O)C12C. The van der Waals surface area contributed by atoms with Gasteiger partial charge in [0, 0.05) is 19.5 Å². The van der Waals surface area contributed by atoms with Crippen molar-refractivity contribution in [1.82, 2.24) is 4.90 Å². The third kappa shape index (κ3) is 5.08. The van der Waals surface area contributed by atoms with Crippen LogP contribution in [0.25, 0.3) is 0 Å². The Labute approximate surface area is 243 Å². The molecule has 1 saturated heterocycles. The number of rotatable bonds is 6. The largest absolute Gasteiger partial charge is 0.393 e. The number of aliphatic hydroxyl groups is 2. The van der Waals surface area contributed by atoms with Crippen LogP contribution in [0.15, 0.2) is 30.3 Å². The average Bonchev–Trinajstić information content (AvgIpc) is 3.32. The van der Waals surface area contributed by atoms with Gasteiger partial charge < -0.3 is 15.1 Å². The summed E-state index contributed by atoms with van der Waals surface area (Å²) in [6.07, 6.45) is 13.6. The predicted molar refractivity (Wildman–Crippen MR) is 160 cm³/mol. The summed E-state index contributed by atoms with van der Waals surface area (Å²) >= 11 is 0. The number of piperidine rings is 1. The van der Waals surface area contributed by atoms with Crippen LogP contribution in [0.2, 0.25) is 0 Å². The van der Waals surface area contributed by atoms with Crippen LogP contribution in [0, 0.1) is 52.3 Å². The van der Waals surface area contributed by atoms with Gasteiger partial charge in [0.05, 0.1) is 12.2 Å². The fourth-order valence-electron chi connectivity index (χ4n) is 11.2. The van der Waals surface area contributed by atoms with E-state index in [9.17, 15) is 15.0 Å². The highest BCUT2D eigenvalue weighted by molar-refractivity contribution is 5.76. The van der Waals surface area contributed by atoms with E-state index in [0.29, 0.717) is 47.8 Å². The second-order valence-corrected chi connectivity index (χ2v) is 15.4. The standard InChI is InChI=1S/C36H55NO3/c1-24(9-14-34(40)37-19-16-26(17-20-37)21-25-7-5-4-6-8-25)30-12-13-31-29-11-10-27-22-28(38)15-18-35(27,2)32(29)23-33(39)36(30,31)3/h4-8,24,26-33,38-39H,9-23H2,1-3H3. The van der Waals surface area contributed by atoms with Crippen molar-refractivity contribution in [2.75, 3.05) is 13.1 Å². The van der Waals surface area contributed by atoms with Gasteiger partial charge in [-0.3, -0.25) is 4.79 Å². The van der Waals surface area contributed by atoms with Crippen molar-refractivity contribution in [3.63, 3.8) is 0 Å². The molecule has 0 spiro atoms. The molecule has 2 N–H and O–H groups in total. The zero-order chi connectivity index (χ0) is 28.1. The van der Waals surface area contributed by atoms with Crippen molar-refractivity contribution < 1.29 is 15.0 Å². The van der Waals surface area contributed by atoms with Crippen LogP contribution < -0.4 is 0 Å². The van der Waals surface area contributed by atoms with Gasteiger partial charge >= 0.3 is 0 Å². The maximum Gasteiger partial charge on any atom is 0.222 e. The molecule has 0 aromatic heterocycles. The first-order valence-corrected chi connectivity index (χ1v) is 16.9. The molecule has 4 heteroatoms. The van der Waals surface area contributed by atoms with Gasteiger partial charge in [0.15, 0.2) is 0 Å². The molecule has 4 aliphatic carbocycles. The molecular weight excluding hydrogens is 494 g/mol. The number of carbonyl (C=O) groups is 1. The third-order valence-corrected chi connectivity index (χ3v) is 13.7. The van der Waals surface area contributed by atoms with Crippen LogP contribution >= 0.6 is 0 Å². The smallest absolute Gasteiger partial charge is 0.222 e. The molecular formula is C36H55NO3. The van der Waals surface area contributed by atoms with E-state index in [-0.39, 0.29) is 23.0 Å². The molecule has 6 rings (SSSR count). The van der Waals surface area contributed by atoms with Crippen LogP contribution in [0.3, 0.4) is 0 Å². The number of benzene rings is 1. The molecule has 4 nitrogen and oxygen atoms in total. The average molecular weight is 550 g/mol. The lowest BCUT2D eigenvalue weighted by atomic mass is 9.43. The fourth-order valence-corrected chi connectivity index (χ4v) is 11.2. The number of carbonyl (C=O) groups excluding carboxylic acids is 1. The molecule has 1 heterocycles. The van der Waals surface area contributed by atoms with Crippen molar-refractivity contribution >= 4 is 5.91 Å². The van der Waals surface area contributed by atoms with E-state index in [1.54, 1.807) is 0 Å². The fraction of sp³-hybridized carbons (Fsp3) is 0.806. The summed E-state index contributed by atoms with van der Waals surface area (Å²) in [6, 6.07) is 10.8. The van der Waals surface area contributed by atoms with Crippen LogP contribution in [-0.4, -0.2) is 46.3 Å². The molecule has 0 radical (unpaired) electrons. The van der Waals surface area contributed by atoms with Crippen molar-refractivity contribution in [3.8, 4) is 0 Å². The van der Waals surface area contributed by atoms with Crippen LogP contribution in [0.1, 0.15) is 103 Å². The summed E-state index contributed by atoms with van der Waals surface area (Å²) in [5.74, 6) is 4.58. The summed E-state index contributed by atoms with van der Waals surface area (Å²) in [6.45, 7) is 9.11. The van der Waals surface area contributed by atoms with Crippen molar-refractivity contribution in [2.45, 2.75) is 116 Å². The Morgan fingerprint density at radius 2 is 1.70 bits per heavy atom. The quantitative estimate of drug-likeness (QED) is 0.407. The summed E-state index contributed by atoms with van der Waals surface area (Å²) in [4.78, 5) is 15.4. The molecule has 1 aliphatic heterocycles. The van der Waals surface area contributed by atoms with Gasteiger partial charge in [-0.25, -0.2) is 0 Å². The van der Waals surface area contributed by atoms with E-state index in [1.807, 2.05) is 0 Å². The third-order valence-electron chi connectivity index (χ3n) is 13.7. The van der Waals surface area contributed by atoms with Crippen molar-refractivity contribution in [1.29, 1.82) is 0 Å². The molecule has 1 amide bonds. The predicted octanol–water partition coefficient (Wildman–Crippen LogP) is 6.87. The monoisotopic (exact) mass is 549 g/mol. The van der Waals surface area contributed by atoms with Gasteiger partial charge in [0.1, 0.15) is 0 Å². The summed E-state index contributed by atoms with van der Waals surface area (Å²) in [5.41, 5.74) is 1.69. The van der Waals surface area contributed by atoms with E-state index in [2.05, 4.69) is 56.0 Å². The number of likely N-dealkylation sites (tertiary alicyclic amines) is 1. The van der Waals surface area contributed by atoms with E-state index in [1.165, 1.54) is 31.2 Å². The minimum absolute atomic E-state index is 0.0171. The number of hydrogen-bond acceptors (Lipinski definition) is 3. The topological polar surface area (TPSA) is 60.8 Å². The molecule has 10 atom stereocenters. The maximum absolute atomic E-state index is 13.2. The molecule has 1 aromatic rings. The van der Waals surface area contributed by atoms with Crippen LogP contribution in [-0.2, 0) is 11.2 Å². The van der Waals surface area contributed by atoms with E-state index in [0.717, 1.165) is 70.4 Å². The number of nitrogens with zero attached hydrogens (tertiary/aromatic N) is 1.